The van der Waals surface area contributed by atoms with Gasteiger partial charge in [0.1, 0.15) is 5.82 Å². The van der Waals surface area contributed by atoms with E-state index in [1.807, 2.05) is 18.7 Å². The predicted octanol–water partition coefficient (Wildman–Crippen LogP) is 2.55. The Kier molecular flexibility index (Phi) is 7.97. The number of hydrogen-bond acceptors (Lipinski definition) is 5. The van der Waals surface area contributed by atoms with Crippen molar-refractivity contribution in [2.75, 3.05) is 17.8 Å². The van der Waals surface area contributed by atoms with Gasteiger partial charge in [-0.25, -0.2) is 0 Å². The van der Waals surface area contributed by atoms with Crippen LogP contribution >= 0.6 is 23.5 Å². The third-order valence-electron chi connectivity index (χ3n) is 2.66. The molecule has 0 atom stereocenters. The number of hydrogen-bond donors (Lipinski definition) is 1. The van der Waals surface area contributed by atoms with Crippen LogP contribution in [-0.2, 0) is 17.8 Å². The number of carbonyl (C=O) groups is 1. The van der Waals surface area contributed by atoms with Crippen LogP contribution in [0.5, 0.6) is 0 Å². The molecule has 0 unspecified atom stereocenters. The zero-order valence-corrected chi connectivity index (χ0v) is 13.1. The number of unbranched alkanes of at least 4 members (excludes halogenated alkanes) is 2. The van der Waals surface area contributed by atoms with Crippen molar-refractivity contribution in [2.45, 2.75) is 44.3 Å². The van der Waals surface area contributed by atoms with Gasteiger partial charge in [-0.05, 0) is 24.9 Å². The molecule has 1 aromatic rings. The summed E-state index contributed by atoms with van der Waals surface area (Å²) in [6.07, 6.45) is 6.45. The van der Waals surface area contributed by atoms with Gasteiger partial charge in [-0.2, -0.15) is 11.8 Å². The summed E-state index contributed by atoms with van der Waals surface area (Å²) in [5.41, 5.74) is 0. The molecule has 19 heavy (non-hydrogen) atoms. The monoisotopic (exact) mass is 303 g/mol. The van der Waals surface area contributed by atoms with Crippen LogP contribution in [0, 0.1) is 0 Å². The van der Waals surface area contributed by atoms with Gasteiger partial charge in [-0.15, -0.1) is 10.2 Å². The molecule has 0 amide bonds. The minimum Gasteiger partial charge on any atom is -0.481 e. The molecule has 0 bridgehead atoms. The summed E-state index contributed by atoms with van der Waals surface area (Å²) in [6.45, 7) is 2.92. The van der Waals surface area contributed by atoms with Crippen molar-refractivity contribution in [2.24, 2.45) is 0 Å². The summed E-state index contributed by atoms with van der Waals surface area (Å²) in [5, 5.41) is 17.7. The lowest BCUT2D eigenvalue weighted by molar-refractivity contribution is -0.133. The summed E-state index contributed by atoms with van der Waals surface area (Å²) in [4.78, 5) is 10.6. The van der Waals surface area contributed by atoms with E-state index in [1.54, 1.807) is 0 Å². The summed E-state index contributed by atoms with van der Waals surface area (Å²) < 4.78 is 2.06. The van der Waals surface area contributed by atoms with Crippen molar-refractivity contribution >= 4 is 29.5 Å². The average molecular weight is 303 g/mol. The molecule has 0 fully saturated rings. The smallest absolute Gasteiger partial charge is 0.313 e. The van der Waals surface area contributed by atoms with E-state index in [1.165, 1.54) is 30.4 Å². The van der Waals surface area contributed by atoms with Gasteiger partial charge in [0.2, 0.25) is 0 Å². The van der Waals surface area contributed by atoms with Gasteiger partial charge in [-0.1, -0.05) is 25.1 Å². The summed E-state index contributed by atoms with van der Waals surface area (Å²) in [6, 6.07) is 0. The van der Waals surface area contributed by atoms with Crippen LogP contribution in [0.1, 0.15) is 32.0 Å². The molecular formula is C12H21N3O2S2. The van der Waals surface area contributed by atoms with Gasteiger partial charge in [-0.3, -0.25) is 4.79 Å². The summed E-state index contributed by atoms with van der Waals surface area (Å²) in [7, 11) is 0. The normalized spacial score (nSPS) is 10.8. The third-order valence-corrected chi connectivity index (χ3v) is 4.31. The number of thioether (sulfide) groups is 2. The maximum atomic E-state index is 10.6. The molecule has 1 aromatic heterocycles. The van der Waals surface area contributed by atoms with Gasteiger partial charge in [0.05, 0.1) is 5.75 Å². The molecule has 0 radical (unpaired) electrons. The fourth-order valence-electron chi connectivity index (χ4n) is 1.73. The van der Waals surface area contributed by atoms with Gasteiger partial charge in [0.15, 0.2) is 5.16 Å². The minimum atomic E-state index is -0.822. The van der Waals surface area contributed by atoms with E-state index < -0.39 is 5.97 Å². The second-order valence-electron chi connectivity index (χ2n) is 4.14. The van der Waals surface area contributed by atoms with Crippen LogP contribution < -0.4 is 0 Å². The Morgan fingerprint density at radius 3 is 2.74 bits per heavy atom. The molecule has 0 saturated heterocycles. The topological polar surface area (TPSA) is 68.0 Å². The molecule has 0 aliphatic carbocycles. The maximum Gasteiger partial charge on any atom is 0.313 e. The number of aliphatic carboxylic acids is 1. The standard InChI is InChI=1S/C12H21N3O2S2/c1-3-10-13-14-12(19-9-11(16)17)15(10)7-5-4-6-8-18-2/h3-9H2,1-2H3,(H,16,17). The number of aromatic nitrogens is 3. The molecule has 1 rings (SSSR count). The SMILES string of the molecule is CCc1nnc(SCC(=O)O)n1CCCCCSC. The van der Waals surface area contributed by atoms with Gasteiger partial charge >= 0.3 is 5.97 Å². The molecule has 5 nitrogen and oxygen atoms in total. The molecule has 0 aliphatic heterocycles. The van der Waals surface area contributed by atoms with E-state index >= 15 is 0 Å². The first-order valence-corrected chi connectivity index (χ1v) is 8.82. The first kappa shape index (κ1) is 16.4. The number of aryl methyl sites for hydroxylation is 1. The third kappa shape index (κ3) is 5.86. The highest BCUT2D eigenvalue weighted by molar-refractivity contribution is 7.99. The Hall–Kier alpha value is -0.690. The van der Waals surface area contributed by atoms with Crippen molar-refractivity contribution < 1.29 is 9.90 Å². The molecule has 7 heteroatoms. The highest BCUT2D eigenvalue weighted by Crippen LogP contribution is 2.18. The zero-order chi connectivity index (χ0) is 14.1. The van der Waals surface area contributed by atoms with Crippen LogP contribution in [0.2, 0.25) is 0 Å². The van der Waals surface area contributed by atoms with Gasteiger partial charge < -0.3 is 9.67 Å². The average Bonchev–Trinajstić information content (AvgIpc) is 2.78. The Morgan fingerprint density at radius 2 is 2.11 bits per heavy atom. The molecule has 108 valence electrons. The molecule has 1 N–H and O–H groups in total. The first-order valence-electron chi connectivity index (χ1n) is 6.44. The van der Waals surface area contributed by atoms with Crippen molar-refractivity contribution in [3.63, 3.8) is 0 Å². The lowest BCUT2D eigenvalue weighted by Crippen LogP contribution is -2.06. The van der Waals surface area contributed by atoms with Crippen LogP contribution in [-0.4, -0.2) is 43.6 Å². The van der Waals surface area contributed by atoms with Gasteiger partial charge in [0, 0.05) is 13.0 Å². The van der Waals surface area contributed by atoms with E-state index in [9.17, 15) is 4.79 Å². The van der Waals surface area contributed by atoms with Crippen LogP contribution in [0.4, 0.5) is 0 Å². The first-order chi connectivity index (χ1) is 9.19. The Morgan fingerprint density at radius 1 is 1.32 bits per heavy atom. The summed E-state index contributed by atoms with van der Waals surface area (Å²) >= 11 is 3.12. The number of rotatable bonds is 10. The van der Waals surface area contributed by atoms with Crippen molar-refractivity contribution in [3.8, 4) is 0 Å². The lowest BCUT2D eigenvalue weighted by Gasteiger charge is -2.08. The Labute approximate surface area is 122 Å². The van der Waals surface area contributed by atoms with E-state index in [4.69, 9.17) is 5.11 Å². The van der Waals surface area contributed by atoms with Crippen LogP contribution in [0.25, 0.3) is 0 Å². The van der Waals surface area contributed by atoms with Crippen molar-refractivity contribution in [1.29, 1.82) is 0 Å². The van der Waals surface area contributed by atoms with Crippen molar-refractivity contribution in [3.05, 3.63) is 5.82 Å². The summed E-state index contributed by atoms with van der Waals surface area (Å²) in [5.74, 6) is 1.35. The quantitative estimate of drug-likeness (QED) is 0.529. The van der Waals surface area contributed by atoms with Crippen molar-refractivity contribution in [1.82, 2.24) is 14.8 Å². The Balaban J connectivity index is 2.52. The maximum absolute atomic E-state index is 10.6. The predicted molar refractivity (Wildman–Crippen MR) is 80.0 cm³/mol. The fourth-order valence-corrected chi connectivity index (χ4v) is 2.93. The van der Waals surface area contributed by atoms with E-state index in [0.717, 1.165) is 30.4 Å². The van der Waals surface area contributed by atoms with E-state index in [0.29, 0.717) is 0 Å². The highest BCUT2D eigenvalue weighted by atomic mass is 32.2. The molecule has 0 aliphatic rings. The zero-order valence-electron chi connectivity index (χ0n) is 11.5. The number of carboxylic acids is 1. The van der Waals surface area contributed by atoms with Crippen LogP contribution in [0.3, 0.4) is 0 Å². The molecule has 0 aromatic carbocycles. The molecule has 0 spiro atoms. The second-order valence-corrected chi connectivity index (χ2v) is 6.07. The Bertz CT molecular complexity index is 396. The fraction of sp³-hybridized carbons (Fsp3) is 0.750. The van der Waals surface area contributed by atoms with Gasteiger partial charge in [0.25, 0.3) is 0 Å². The van der Waals surface area contributed by atoms with E-state index in [-0.39, 0.29) is 5.75 Å². The lowest BCUT2D eigenvalue weighted by atomic mass is 10.2. The largest absolute Gasteiger partial charge is 0.481 e. The minimum absolute atomic E-state index is 0.0360. The number of carboxylic acid groups (broad SMARTS) is 1. The number of nitrogens with zero attached hydrogens (tertiary/aromatic N) is 3. The highest BCUT2D eigenvalue weighted by Gasteiger charge is 2.12. The molecular weight excluding hydrogens is 282 g/mol. The van der Waals surface area contributed by atoms with Crippen LogP contribution in [0.15, 0.2) is 5.16 Å². The second kappa shape index (κ2) is 9.25. The molecule has 1 heterocycles. The van der Waals surface area contributed by atoms with E-state index in [2.05, 4.69) is 21.0 Å². The molecule has 0 saturated carbocycles.